The Kier molecular flexibility index (Phi) is 5.52. The molecule has 1 N–H and O–H groups in total. The highest BCUT2D eigenvalue weighted by Gasteiger charge is 2.23. The summed E-state index contributed by atoms with van der Waals surface area (Å²) in [5.74, 6) is 1.19. The number of thiophene rings is 1. The zero-order valence-electron chi connectivity index (χ0n) is 14.6. The Morgan fingerprint density at radius 3 is 2.74 bits per heavy atom. The number of hydrogen-bond acceptors (Lipinski definition) is 6. The van der Waals surface area contributed by atoms with Crippen molar-refractivity contribution in [2.75, 3.05) is 13.1 Å². The number of rotatable bonds is 5. The van der Waals surface area contributed by atoms with Gasteiger partial charge in [-0.15, -0.1) is 11.3 Å². The van der Waals surface area contributed by atoms with Crippen molar-refractivity contribution in [3.05, 3.63) is 57.6 Å². The number of aromatic nitrogens is 2. The lowest BCUT2D eigenvalue weighted by Crippen LogP contribution is -2.44. The molecule has 0 atom stereocenters. The molecule has 0 saturated carbocycles. The second-order valence-corrected chi connectivity index (χ2v) is 7.90. The maximum absolute atomic E-state index is 12.1. The maximum Gasteiger partial charge on any atom is 0.261 e. The first-order valence-electron chi connectivity index (χ1n) is 8.82. The number of carbonyl (C=O) groups is 1. The van der Waals surface area contributed by atoms with Crippen LogP contribution in [0.2, 0.25) is 5.02 Å². The number of nitrogens with one attached hydrogen (secondary N) is 1. The zero-order valence-corrected chi connectivity index (χ0v) is 16.2. The van der Waals surface area contributed by atoms with Gasteiger partial charge in [-0.1, -0.05) is 22.8 Å². The van der Waals surface area contributed by atoms with E-state index in [9.17, 15) is 4.79 Å². The summed E-state index contributed by atoms with van der Waals surface area (Å²) in [6.45, 7) is 2.38. The molecule has 6 nitrogen and oxygen atoms in total. The molecule has 1 fully saturated rings. The van der Waals surface area contributed by atoms with Crippen LogP contribution in [-0.4, -0.2) is 40.1 Å². The smallest absolute Gasteiger partial charge is 0.261 e. The number of benzene rings is 1. The third kappa shape index (κ3) is 4.55. The van der Waals surface area contributed by atoms with Gasteiger partial charge < -0.3 is 9.84 Å². The van der Waals surface area contributed by atoms with Crippen molar-refractivity contribution in [1.82, 2.24) is 20.4 Å². The van der Waals surface area contributed by atoms with Crippen LogP contribution in [0.15, 0.2) is 46.3 Å². The lowest BCUT2D eigenvalue weighted by Gasteiger charge is -2.31. The van der Waals surface area contributed by atoms with Gasteiger partial charge in [0.05, 0.1) is 11.4 Å². The van der Waals surface area contributed by atoms with Gasteiger partial charge in [-0.2, -0.15) is 4.98 Å². The van der Waals surface area contributed by atoms with Crippen LogP contribution in [0.25, 0.3) is 11.4 Å². The standard InChI is InChI=1S/C19H19ClN4O2S/c20-14-5-3-13(4-6-14)18-22-17(26-23-18)12-24-9-7-15(8-10-24)21-19(25)16-2-1-11-27-16/h1-6,11,15H,7-10,12H2,(H,21,25). The Bertz CT molecular complexity index is 887. The van der Waals surface area contributed by atoms with E-state index in [0.29, 0.717) is 23.3 Å². The number of likely N-dealkylation sites (tertiary alicyclic amines) is 1. The predicted molar refractivity (Wildman–Crippen MR) is 105 cm³/mol. The summed E-state index contributed by atoms with van der Waals surface area (Å²) >= 11 is 7.37. The van der Waals surface area contributed by atoms with E-state index >= 15 is 0 Å². The molecule has 0 radical (unpaired) electrons. The van der Waals surface area contributed by atoms with Gasteiger partial charge in [0.1, 0.15) is 0 Å². The van der Waals surface area contributed by atoms with E-state index in [1.807, 2.05) is 41.8 Å². The van der Waals surface area contributed by atoms with Gasteiger partial charge in [0.25, 0.3) is 5.91 Å². The molecule has 0 aliphatic carbocycles. The lowest BCUT2D eigenvalue weighted by atomic mass is 10.0. The van der Waals surface area contributed by atoms with Gasteiger partial charge in [0.2, 0.25) is 11.7 Å². The summed E-state index contributed by atoms with van der Waals surface area (Å²) in [6, 6.07) is 11.3. The van der Waals surface area contributed by atoms with Gasteiger partial charge in [0.15, 0.2) is 0 Å². The number of amides is 1. The lowest BCUT2D eigenvalue weighted by molar-refractivity contribution is 0.0908. The Morgan fingerprint density at radius 2 is 2.04 bits per heavy atom. The minimum Gasteiger partial charge on any atom is -0.349 e. The molecule has 0 unspecified atom stereocenters. The largest absolute Gasteiger partial charge is 0.349 e. The summed E-state index contributed by atoms with van der Waals surface area (Å²) in [5, 5.41) is 9.77. The third-order valence-corrected chi connectivity index (χ3v) is 5.72. The summed E-state index contributed by atoms with van der Waals surface area (Å²) in [4.78, 5) is 19.7. The summed E-state index contributed by atoms with van der Waals surface area (Å²) < 4.78 is 5.39. The average Bonchev–Trinajstić information content (AvgIpc) is 3.36. The molecular weight excluding hydrogens is 384 g/mol. The van der Waals surface area contributed by atoms with Gasteiger partial charge in [-0.3, -0.25) is 9.69 Å². The fourth-order valence-corrected chi connectivity index (χ4v) is 3.88. The normalized spacial score (nSPS) is 15.7. The molecule has 0 bridgehead atoms. The zero-order chi connectivity index (χ0) is 18.6. The highest BCUT2D eigenvalue weighted by Crippen LogP contribution is 2.20. The van der Waals surface area contributed by atoms with Crippen molar-refractivity contribution in [3.8, 4) is 11.4 Å². The molecule has 140 valence electrons. The molecular formula is C19H19ClN4O2S. The van der Waals surface area contributed by atoms with Crippen LogP contribution >= 0.6 is 22.9 Å². The number of hydrogen-bond donors (Lipinski definition) is 1. The summed E-state index contributed by atoms with van der Waals surface area (Å²) in [7, 11) is 0. The van der Waals surface area contributed by atoms with Crippen molar-refractivity contribution in [2.45, 2.75) is 25.4 Å². The average molecular weight is 403 g/mol. The van der Waals surface area contributed by atoms with E-state index in [2.05, 4.69) is 20.4 Å². The second kappa shape index (κ2) is 8.21. The Balaban J connectivity index is 1.28. The Hall–Kier alpha value is -2.22. The van der Waals surface area contributed by atoms with Crippen molar-refractivity contribution < 1.29 is 9.32 Å². The fourth-order valence-electron chi connectivity index (χ4n) is 3.13. The van der Waals surface area contributed by atoms with Crippen molar-refractivity contribution in [3.63, 3.8) is 0 Å². The molecule has 1 aromatic carbocycles. The van der Waals surface area contributed by atoms with Crippen LogP contribution in [0, 0.1) is 0 Å². The molecule has 27 heavy (non-hydrogen) atoms. The van der Waals surface area contributed by atoms with Crippen LogP contribution in [0.1, 0.15) is 28.4 Å². The molecule has 1 aliphatic heterocycles. The van der Waals surface area contributed by atoms with Crippen molar-refractivity contribution in [2.24, 2.45) is 0 Å². The van der Waals surface area contributed by atoms with Crippen LogP contribution in [0.5, 0.6) is 0 Å². The fraction of sp³-hybridized carbons (Fsp3) is 0.316. The quantitative estimate of drug-likeness (QED) is 0.701. The van der Waals surface area contributed by atoms with Crippen LogP contribution in [-0.2, 0) is 6.54 Å². The van der Waals surface area contributed by atoms with Gasteiger partial charge in [0, 0.05) is 29.7 Å². The summed E-state index contributed by atoms with van der Waals surface area (Å²) in [6.07, 6.45) is 1.82. The molecule has 1 amide bonds. The van der Waals surface area contributed by atoms with E-state index in [-0.39, 0.29) is 11.9 Å². The number of nitrogens with zero attached hydrogens (tertiary/aromatic N) is 3. The SMILES string of the molecule is O=C(NC1CCN(Cc2nc(-c3ccc(Cl)cc3)no2)CC1)c1cccs1. The van der Waals surface area contributed by atoms with Crippen LogP contribution in [0.4, 0.5) is 0 Å². The molecule has 3 aromatic rings. The number of carbonyl (C=O) groups excluding carboxylic acids is 1. The molecule has 4 rings (SSSR count). The highest BCUT2D eigenvalue weighted by atomic mass is 35.5. The molecule has 1 saturated heterocycles. The number of halogens is 1. The van der Waals surface area contributed by atoms with Crippen LogP contribution < -0.4 is 5.32 Å². The first-order valence-corrected chi connectivity index (χ1v) is 10.1. The first-order chi connectivity index (χ1) is 13.2. The van der Waals surface area contributed by atoms with E-state index in [1.54, 1.807) is 0 Å². The van der Waals surface area contributed by atoms with E-state index in [0.717, 1.165) is 36.4 Å². The maximum atomic E-state index is 12.1. The van der Waals surface area contributed by atoms with Gasteiger partial charge in [-0.25, -0.2) is 0 Å². The minimum atomic E-state index is 0.0213. The molecule has 8 heteroatoms. The Morgan fingerprint density at radius 1 is 1.26 bits per heavy atom. The molecule has 2 aromatic heterocycles. The highest BCUT2D eigenvalue weighted by molar-refractivity contribution is 7.12. The Labute approximate surface area is 166 Å². The first kappa shape index (κ1) is 18.2. The minimum absolute atomic E-state index is 0.0213. The predicted octanol–water partition coefficient (Wildman–Crippen LogP) is 3.85. The topological polar surface area (TPSA) is 71.3 Å². The van der Waals surface area contributed by atoms with Crippen LogP contribution in [0.3, 0.4) is 0 Å². The molecule has 3 heterocycles. The van der Waals surface area contributed by atoms with E-state index < -0.39 is 0 Å². The second-order valence-electron chi connectivity index (χ2n) is 6.52. The van der Waals surface area contributed by atoms with Gasteiger partial charge in [-0.05, 0) is 48.6 Å². The monoisotopic (exact) mass is 402 g/mol. The van der Waals surface area contributed by atoms with Crippen molar-refractivity contribution in [1.29, 1.82) is 0 Å². The number of piperidine rings is 1. The molecule has 1 aliphatic rings. The van der Waals surface area contributed by atoms with Crippen molar-refractivity contribution >= 4 is 28.8 Å². The van der Waals surface area contributed by atoms with Gasteiger partial charge >= 0.3 is 0 Å². The summed E-state index contributed by atoms with van der Waals surface area (Å²) in [5.41, 5.74) is 0.879. The molecule has 0 spiro atoms. The third-order valence-electron chi connectivity index (χ3n) is 4.60. The van der Waals surface area contributed by atoms with E-state index in [1.165, 1.54) is 11.3 Å². The van der Waals surface area contributed by atoms with E-state index in [4.69, 9.17) is 16.1 Å².